The first-order chi connectivity index (χ1) is 14.7. The van der Waals surface area contributed by atoms with Gasteiger partial charge in [0.15, 0.2) is 5.96 Å². The van der Waals surface area contributed by atoms with Crippen molar-refractivity contribution in [2.45, 2.75) is 32.9 Å². The summed E-state index contributed by atoms with van der Waals surface area (Å²) in [5, 5.41) is 0. The highest BCUT2D eigenvalue weighted by Gasteiger charge is 2.26. The van der Waals surface area contributed by atoms with E-state index in [4.69, 9.17) is 15.2 Å². The summed E-state index contributed by atoms with van der Waals surface area (Å²) in [7, 11) is 0. The number of ether oxygens (including phenoxy) is 2. The average molecular weight is 557 g/mol. The predicted octanol–water partition coefficient (Wildman–Crippen LogP) is 4.00. The van der Waals surface area contributed by atoms with Gasteiger partial charge in [-0.25, -0.2) is 19.2 Å². The van der Waals surface area contributed by atoms with Crippen molar-refractivity contribution < 1.29 is 18.7 Å². The van der Waals surface area contributed by atoms with Crippen LogP contribution in [0.25, 0.3) is 0 Å². The molecule has 0 saturated carbocycles. The molecular formula is C22H29FIN5O3. The zero-order valence-corrected chi connectivity index (χ0v) is 20.8. The third kappa shape index (κ3) is 7.81. The number of guanidine groups is 1. The van der Waals surface area contributed by atoms with Crippen LogP contribution in [-0.4, -0.2) is 58.6 Å². The number of aliphatic imine (C=N–C) groups is 1. The fourth-order valence-corrected chi connectivity index (χ4v) is 2.91. The van der Waals surface area contributed by atoms with E-state index in [1.165, 1.54) is 12.1 Å². The molecule has 1 aliphatic heterocycles. The maximum Gasteiger partial charge on any atom is 0.410 e. The first kappa shape index (κ1) is 25.6. The van der Waals surface area contributed by atoms with Crippen molar-refractivity contribution in [2.24, 2.45) is 10.7 Å². The Kier molecular flexibility index (Phi) is 9.05. The number of nitrogens with two attached hydrogens (primary N) is 1. The number of halogens is 2. The summed E-state index contributed by atoms with van der Waals surface area (Å²) in [6.45, 7) is 8.17. The van der Waals surface area contributed by atoms with E-state index in [0.29, 0.717) is 50.3 Å². The molecule has 2 heterocycles. The monoisotopic (exact) mass is 557 g/mol. The average Bonchev–Trinajstić information content (AvgIpc) is 2.73. The maximum atomic E-state index is 13.0. The Morgan fingerprint density at radius 1 is 1.09 bits per heavy atom. The Bertz CT molecular complexity index is 909. The minimum absolute atomic E-state index is 0. The van der Waals surface area contributed by atoms with Crippen molar-refractivity contribution in [3.63, 3.8) is 0 Å². The van der Waals surface area contributed by atoms with Crippen LogP contribution in [0.15, 0.2) is 47.6 Å². The second-order valence-electron chi connectivity index (χ2n) is 8.19. The van der Waals surface area contributed by atoms with Gasteiger partial charge in [-0.1, -0.05) is 6.07 Å². The number of rotatable bonds is 4. The highest BCUT2D eigenvalue weighted by atomic mass is 127. The van der Waals surface area contributed by atoms with Crippen molar-refractivity contribution in [3.05, 3.63) is 54.0 Å². The lowest BCUT2D eigenvalue weighted by Gasteiger charge is -2.36. The summed E-state index contributed by atoms with van der Waals surface area (Å²) in [4.78, 5) is 24.5. The molecule has 2 N–H and O–H groups in total. The van der Waals surface area contributed by atoms with Gasteiger partial charge in [0, 0.05) is 38.4 Å². The fraction of sp³-hybridized carbons (Fsp3) is 0.409. The number of nitrogens with zero attached hydrogens (tertiary/aromatic N) is 4. The minimum atomic E-state index is -0.512. The van der Waals surface area contributed by atoms with Crippen molar-refractivity contribution in [3.8, 4) is 11.6 Å². The normalized spacial score (nSPS) is 14.6. The molecule has 1 fully saturated rings. The molecule has 1 saturated heterocycles. The van der Waals surface area contributed by atoms with Crippen LogP contribution >= 0.6 is 24.0 Å². The molecule has 3 rings (SSSR count). The van der Waals surface area contributed by atoms with Crippen molar-refractivity contribution in [2.75, 3.05) is 26.2 Å². The predicted molar refractivity (Wildman–Crippen MR) is 131 cm³/mol. The highest BCUT2D eigenvalue weighted by Crippen LogP contribution is 2.19. The van der Waals surface area contributed by atoms with Crippen LogP contribution < -0.4 is 10.5 Å². The lowest BCUT2D eigenvalue weighted by atomic mass is 10.2. The Labute approximate surface area is 204 Å². The van der Waals surface area contributed by atoms with Gasteiger partial charge in [0.05, 0.1) is 6.54 Å². The van der Waals surface area contributed by atoms with Crippen molar-refractivity contribution in [1.29, 1.82) is 0 Å². The van der Waals surface area contributed by atoms with Crippen LogP contribution in [-0.2, 0) is 11.3 Å². The summed E-state index contributed by atoms with van der Waals surface area (Å²) in [6.07, 6.45) is 1.35. The lowest BCUT2D eigenvalue weighted by molar-refractivity contribution is 0.0186. The molecule has 10 heteroatoms. The van der Waals surface area contributed by atoms with E-state index in [-0.39, 0.29) is 35.9 Å². The summed E-state index contributed by atoms with van der Waals surface area (Å²) in [6, 6.07) is 9.31. The first-order valence-corrected chi connectivity index (χ1v) is 10.1. The zero-order valence-electron chi connectivity index (χ0n) is 18.5. The van der Waals surface area contributed by atoms with Gasteiger partial charge in [-0.05, 0) is 50.6 Å². The van der Waals surface area contributed by atoms with E-state index in [2.05, 4.69) is 9.98 Å². The molecule has 0 aliphatic carbocycles. The van der Waals surface area contributed by atoms with Crippen LogP contribution in [0.3, 0.4) is 0 Å². The van der Waals surface area contributed by atoms with Crippen LogP contribution in [0, 0.1) is 5.82 Å². The van der Waals surface area contributed by atoms with Crippen molar-refractivity contribution >= 4 is 36.0 Å². The summed E-state index contributed by atoms with van der Waals surface area (Å²) < 4.78 is 23.9. The molecule has 1 aromatic heterocycles. The number of carbonyl (C=O) groups excluding carboxylic acids is 1. The van der Waals surface area contributed by atoms with Crippen LogP contribution in [0.2, 0.25) is 0 Å². The third-order valence-corrected chi connectivity index (χ3v) is 4.51. The summed E-state index contributed by atoms with van der Waals surface area (Å²) >= 11 is 0. The molecule has 174 valence electrons. The number of hydrogen-bond donors (Lipinski definition) is 1. The minimum Gasteiger partial charge on any atom is -0.444 e. The van der Waals surface area contributed by atoms with Gasteiger partial charge >= 0.3 is 6.09 Å². The van der Waals surface area contributed by atoms with Gasteiger partial charge in [-0.15, -0.1) is 24.0 Å². The number of benzene rings is 1. The topological polar surface area (TPSA) is 93.3 Å². The number of piperazine rings is 1. The standard InChI is InChI=1S/C22H28FN5O3.HI/c1-22(2,3)31-21(29)28-12-10-27(11-13-28)20(24)26-15-16-4-9-19(25-14-16)30-18-7-5-17(23)6-8-18;/h4-9,14H,10-13,15H2,1-3H3,(H2,24,26);1H. The van der Waals surface area contributed by atoms with E-state index < -0.39 is 5.60 Å². The van der Waals surface area contributed by atoms with E-state index in [1.54, 1.807) is 29.3 Å². The second-order valence-corrected chi connectivity index (χ2v) is 8.19. The largest absolute Gasteiger partial charge is 0.444 e. The molecule has 32 heavy (non-hydrogen) atoms. The zero-order chi connectivity index (χ0) is 22.4. The molecule has 0 spiro atoms. The van der Waals surface area contributed by atoms with Gasteiger partial charge < -0.3 is 25.0 Å². The quantitative estimate of drug-likeness (QED) is 0.347. The molecule has 1 aliphatic rings. The molecule has 2 aromatic rings. The molecule has 1 aromatic carbocycles. The molecule has 1 amide bonds. The van der Waals surface area contributed by atoms with E-state index in [1.807, 2.05) is 31.7 Å². The van der Waals surface area contributed by atoms with E-state index in [9.17, 15) is 9.18 Å². The number of hydrogen-bond acceptors (Lipinski definition) is 5. The second kappa shape index (κ2) is 11.3. The first-order valence-electron chi connectivity index (χ1n) is 10.1. The van der Waals surface area contributed by atoms with Gasteiger partial charge in [0.1, 0.15) is 17.2 Å². The smallest absolute Gasteiger partial charge is 0.410 e. The highest BCUT2D eigenvalue weighted by molar-refractivity contribution is 14.0. The van der Waals surface area contributed by atoms with E-state index in [0.717, 1.165) is 5.56 Å². The van der Waals surface area contributed by atoms with Gasteiger partial charge in [-0.3, -0.25) is 0 Å². The van der Waals surface area contributed by atoms with E-state index >= 15 is 0 Å². The van der Waals surface area contributed by atoms with Gasteiger partial charge in [-0.2, -0.15) is 0 Å². The van der Waals surface area contributed by atoms with Gasteiger partial charge in [0.25, 0.3) is 0 Å². The molecule has 0 unspecified atom stereocenters. The maximum absolute atomic E-state index is 13.0. The SMILES string of the molecule is CC(C)(C)OC(=O)N1CCN(C(N)=NCc2ccc(Oc3ccc(F)cc3)nc2)CC1.I. The fourth-order valence-electron chi connectivity index (χ4n) is 2.91. The number of aromatic nitrogens is 1. The van der Waals surface area contributed by atoms with Crippen molar-refractivity contribution in [1.82, 2.24) is 14.8 Å². The lowest BCUT2D eigenvalue weighted by Crippen LogP contribution is -2.53. The van der Waals surface area contributed by atoms with Crippen LogP contribution in [0.1, 0.15) is 26.3 Å². The number of pyridine rings is 1. The van der Waals surface area contributed by atoms with Crippen LogP contribution in [0.4, 0.5) is 9.18 Å². The molecule has 8 nitrogen and oxygen atoms in total. The van der Waals surface area contributed by atoms with Crippen LogP contribution in [0.5, 0.6) is 11.6 Å². The Hall–Kier alpha value is -2.63. The number of carbonyl (C=O) groups is 1. The molecule has 0 radical (unpaired) electrons. The molecule has 0 atom stereocenters. The Morgan fingerprint density at radius 2 is 1.72 bits per heavy atom. The third-order valence-electron chi connectivity index (χ3n) is 4.51. The molecule has 0 bridgehead atoms. The molecular weight excluding hydrogens is 528 g/mol. The van der Waals surface area contributed by atoms with Gasteiger partial charge in [0.2, 0.25) is 5.88 Å². The summed E-state index contributed by atoms with van der Waals surface area (Å²) in [5.41, 5.74) is 6.49. The number of amides is 1. The Balaban J connectivity index is 0.00000363. The Morgan fingerprint density at radius 3 is 2.28 bits per heavy atom. The summed E-state index contributed by atoms with van der Waals surface area (Å²) in [5.74, 6) is 1.02.